The molecular weight excluding hydrogens is 244 g/mol. The molecular formula is C14H18N2OS. The number of aryl methyl sites for hydroxylation is 2. The van der Waals surface area contributed by atoms with E-state index in [2.05, 4.69) is 31.0 Å². The molecule has 0 amide bonds. The van der Waals surface area contributed by atoms with Gasteiger partial charge in [-0.15, -0.1) is 11.3 Å². The number of hydrogen-bond acceptors (Lipinski definition) is 4. The van der Waals surface area contributed by atoms with Crippen LogP contribution in [0.2, 0.25) is 0 Å². The Morgan fingerprint density at radius 1 is 1.33 bits per heavy atom. The SMILES string of the molecule is Cc1ccc(OCc2nc(C(C)N)cs2)cc1C. The number of aromatic nitrogens is 1. The van der Waals surface area contributed by atoms with Crippen molar-refractivity contribution in [3.63, 3.8) is 0 Å². The lowest BCUT2D eigenvalue weighted by atomic mass is 10.1. The van der Waals surface area contributed by atoms with Crippen molar-refractivity contribution in [1.82, 2.24) is 4.98 Å². The molecule has 0 bridgehead atoms. The minimum absolute atomic E-state index is 0.0170. The highest BCUT2D eigenvalue weighted by Gasteiger charge is 2.06. The highest BCUT2D eigenvalue weighted by atomic mass is 32.1. The summed E-state index contributed by atoms with van der Waals surface area (Å²) in [5.74, 6) is 0.885. The van der Waals surface area contributed by atoms with E-state index in [1.807, 2.05) is 18.4 Å². The number of ether oxygens (including phenoxy) is 1. The molecule has 0 saturated carbocycles. The Labute approximate surface area is 112 Å². The normalized spacial score (nSPS) is 12.4. The smallest absolute Gasteiger partial charge is 0.140 e. The minimum atomic E-state index is -0.0170. The van der Waals surface area contributed by atoms with E-state index in [0.29, 0.717) is 6.61 Å². The molecule has 1 aromatic heterocycles. The molecule has 0 radical (unpaired) electrons. The summed E-state index contributed by atoms with van der Waals surface area (Å²) in [6.45, 7) is 6.61. The summed E-state index contributed by atoms with van der Waals surface area (Å²) in [7, 11) is 0. The summed E-state index contributed by atoms with van der Waals surface area (Å²) in [5, 5.41) is 2.95. The first-order chi connectivity index (χ1) is 8.56. The van der Waals surface area contributed by atoms with Crippen molar-refractivity contribution in [2.45, 2.75) is 33.4 Å². The van der Waals surface area contributed by atoms with Gasteiger partial charge in [-0.25, -0.2) is 4.98 Å². The summed E-state index contributed by atoms with van der Waals surface area (Å²) in [6.07, 6.45) is 0. The molecule has 0 saturated heterocycles. The average molecular weight is 262 g/mol. The van der Waals surface area contributed by atoms with E-state index in [-0.39, 0.29) is 6.04 Å². The number of rotatable bonds is 4. The highest BCUT2D eigenvalue weighted by Crippen LogP contribution is 2.20. The van der Waals surface area contributed by atoms with Crippen LogP contribution in [0.5, 0.6) is 5.75 Å². The molecule has 1 aromatic carbocycles. The zero-order valence-corrected chi connectivity index (χ0v) is 11.8. The first-order valence-corrected chi connectivity index (χ1v) is 6.84. The maximum absolute atomic E-state index is 5.77. The molecule has 96 valence electrons. The zero-order valence-electron chi connectivity index (χ0n) is 10.9. The Morgan fingerprint density at radius 3 is 2.72 bits per heavy atom. The Kier molecular flexibility index (Phi) is 3.99. The van der Waals surface area contributed by atoms with Crippen molar-refractivity contribution in [3.05, 3.63) is 45.4 Å². The molecule has 2 rings (SSSR count). The van der Waals surface area contributed by atoms with E-state index >= 15 is 0 Å². The monoisotopic (exact) mass is 262 g/mol. The van der Waals surface area contributed by atoms with Crippen LogP contribution in [0.3, 0.4) is 0 Å². The molecule has 1 heterocycles. The van der Waals surface area contributed by atoms with Crippen molar-refractivity contribution >= 4 is 11.3 Å². The van der Waals surface area contributed by atoms with Gasteiger partial charge in [-0.2, -0.15) is 0 Å². The third kappa shape index (κ3) is 3.09. The second-order valence-electron chi connectivity index (χ2n) is 4.49. The van der Waals surface area contributed by atoms with Gasteiger partial charge in [0.05, 0.1) is 5.69 Å². The van der Waals surface area contributed by atoms with Gasteiger partial charge in [0, 0.05) is 11.4 Å². The summed E-state index contributed by atoms with van der Waals surface area (Å²) in [6, 6.07) is 6.09. The van der Waals surface area contributed by atoms with E-state index in [4.69, 9.17) is 10.5 Å². The molecule has 4 heteroatoms. The van der Waals surface area contributed by atoms with Crippen LogP contribution < -0.4 is 10.5 Å². The molecule has 2 N–H and O–H groups in total. The molecule has 0 fully saturated rings. The molecule has 1 atom stereocenters. The zero-order chi connectivity index (χ0) is 13.1. The summed E-state index contributed by atoms with van der Waals surface area (Å²) in [5.41, 5.74) is 9.22. The van der Waals surface area contributed by atoms with Crippen LogP contribution in [0.1, 0.15) is 34.8 Å². The van der Waals surface area contributed by atoms with Crippen molar-refractivity contribution in [2.24, 2.45) is 5.73 Å². The van der Waals surface area contributed by atoms with Crippen LogP contribution in [0, 0.1) is 13.8 Å². The molecule has 0 aliphatic heterocycles. The highest BCUT2D eigenvalue weighted by molar-refractivity contribution is 7.09. The van der Waals surface area contributed by atoms with E-state index in [9.17, 15) is 0 Å². The Bertz CT molecular complexity index is 534. The number of nitrogens with two attached hydrogens (primary N) is 1. The Hall–Kier alpha value is -1.39. The van der Waals surface area contributed by atoms with Gasteiger partial charge in [-0.3, -0.25) is 0 Å². The third-order valence-corrected chi connectivity index (χ3v) is 3.72. The molecule has 3 nitrogen and oxygen atoms in total. The van der Waals surface area contributed by atoms with E-state index in [1.165, 1.54) is 11.1 Å². The molecule has 1 unspecified atom stereocenters. The van der Waals surface area contributed by atoms with E-state index < -0.39 is 0 Å². The fourth-order valence-corrected chi connectivity index (χ4v) is 2.36. The number of nitrogens with zero attached hydrogens (tertiary/aromatic N) is 1. The number of hydrogen-bond donors (Lipinski definition) is 1. The average Bonchev–Trinajstić information content (AvgIpc) is 2.79. The number of benzene rings is 1. The second-order valence-corrected chi connectivity index (χ2v) is 5.43. The van der Waals surface area contributed by atoms with Crippen LogP contribution in [0.25, 0.3) is 0 Å². The summed E-state index contributed by atoms with van der Waals surface area (Å²) >= 11 is 1.59. The summed E-state index contributed by atoms with van der Waals surface area (Å²) in [4.78, 5) is 4.43. The van der Waals surface area contributed by atoms with Crippen molar-refractivity contribution in [3.8, 4) is 5.75 Å². The minimum Gasteiger partial charge on any atom is -0.486 e. The van der Waals surface area contributed by atoms with Gasteiger partial charge in [-0.1, -0.05) is 6.07 Å². The van der Waals surface area contributed by atoms with Gasteiger partial charge in [0.15, 0.2) is 0 Å². The van der Waals surface area contributed by atoms with Crippen LogP contribution >= 0.6 is 11.3 Å². The lowest BCUT2D eigenvalue weighted by Crippen LogP contribution is -2.05. The number of thiazole rings is 1. The van der Waals surface area contributed by atoms with E-state index in [0.717, 1.165) is 16.5 Å². The van der Waals surface area contributed by atoms with Crippen molar-refractivity contribution < 1.29 is 4.74 Å². The largest absolute Gasteiger partial charge is 0.486 e. The topological polar surface area (TPSA) is 48.1 Å². The maximum Gasteiger partial charge on any atom is 0.140 e. The van der Waals surface area contributed by atoms with Gasteiger partial charge in [0.25, 0.3) is 0 Å². The predicted octanol–water partition coefficient (Wildman–Crippen LogP) is 3.36. The van der Waals surface area contributed by atoms with Crippen LogP contribution in [-0.4, -0.2) is 4.98 Å². The quantitative estimate of drug-likeness (QED) is 0.919. The standard InChI is InChI=1S/C14H18N2OS/c1-9-4-5-12(6-10(9)2)17-7-14-16-13(8-18-14)11(3)15/h4-6,8,11H,7,15H2,1-3H3. The van der Waals surface area contributed by atoms with Crippen molar-refractivity contribution in [2.75, 3.05) is 0 Å². The maximum atomic E-state index is 5.77. The molecule has 18 heavy (non-hydrogen) atoms. The second kappa shape index (κ2) is 5.50. The van der Waals surface area contributed by atoms with Gasteiger partial charge in [0.1, 0.15) is 17.4 Å². The van der Waals surface area contributed by atoms with Gasteiger partial charge in [-0.05, 0) is 44.0 Å². The Balaban J connectivity index is 2.00. The molecule has 2 aromatic rings. The lowest BCUT2D eigenvalue weighted by molar-refractivity contribution is 0.305. The van der Waals surface area contributed by atoms with Crippen LogP contribution in [-0.2, 0) is 6.61 Å². The first kappa shape index (κ1) is 13.1. The third-order valence-electron chi connectivity index (χ3n) is 2.88. The van der Waals surface area contributed by atoms with E-state index in [1.54, 1.807) is 11.3 Å². The Morgan fingerprint density at radius 2 is 2.11 bits per heavy atom. The predicted molar refractivity (Wildman–Crippen MR) is 75.0 cm³/mol. The van der Waals surface area contributed by atoms with Crippen LogP contribution in [0.4, 0.5) is 0 Å². The van der Waals surface area contributed by atoms with Gasteiger partial charge >= 0.3 is 0 Å². The van der Waals surface area contributed by atoms with Gasteiger partial charge < -0.3 is 10.5 Å². The fraction of sp³-hybridized carbons (Fsp3) is 0.357. The molecule has 0 aliphatic rings. The fourth-order valence-electron chi connectivity index (χ4n) is 1.55. The van der Waals surface area contributed by atoms with Crippen molar-refractivity contribution in [1.29, 1.82) is 0 Å². The lowest BCUT2D eigenvalue weighted by Gasteiger charge is -2.06. The first-order valence-electron chi connectivity index (χ1n) is 5.96. The molecule has 0 spiro atoms. The summed E-state index contributed by atoms with van der Waals surface area (Å²) < 4.78 is 5.73. The van der Waals surface area contributed by atoms with Crippen LogP contribution in [0.15, 0.2) is 23.6 Å². The van der Waals surface area contributed by atoms with Gasteiger partial charge in [0.2, 0.25) is 0 Å². The molecule has 0 aliphatic carbocycles.